The highest BCUT2D eigenvalue weighted by Gasteiger charge is 2.35. The van der Waals surface area contributed by atoms with E-state index < -0.39 is 0 Å². The summed E-state index contributed by atoms with van der Waals surface area (Å²) in [6.07, 6.45) is 3.14. The Hall–Kier alpha value is -1.99. The average Bonchev–Trinajstić information content (AvgIpc) is 3.27. The molecule has 1 N–H and O–H groups in total. The molecule has 2 fully saturated rings. The Morgan fingerprint density at radius 3 is 2.43 bits per heavy atom. The quantitative estimate of drug-likeness (QED) is 0.543. The number of aliphatic imine (C=N–C) groups is 1. The third kappa shape index (κ3) is 5.19. The second-order valence-electron chi connectivity index (χ2n) is 8.48. The third-order valence-electron chi connectivity index (χ3n) is 6.56. The largest absolute Gasteiger partial charge is 0.497 e. The van der Waals surface area contributed by atoms with Gasteiger partial charge in [0.2, 0.25) is 0 Å². The number of nitrogens with one attached hydrogen (secondary N) is 1. The molecule has 0 aromatic heterocycles. The topological polar surface area (TPSA) is 58.6 Å². The normalized spacial score (nSPS) is 21.7. The number of ether oxygens (including phenoxy) is 3. The molecule has 2 aliphatic rings. The summed E-state index contributed by atoms with van der Waals surface area (Å²) in [5.74, 6) is 3.14. The Bertz CT molecular complexity index is 694. The highest BCUT2D eigenvalue weighted by atomic mass is 16.5. The van der Waals surface area contributed by atoms with Gasteiger partial charge in [0.05, 0.1) is 20.8 Å². The van der Waals surface area contributed by atoms with Crippen LogP contribution in [0.25, 0.3) is 0 Å². The second-order valence-corrected chi connectivity index (χ2v) is 8.48. The van der Waals surface area contributed by atoms with Gasteiger partial charge in [0.25, 0.3) is 0 Å². The van der Waals surface area contributed by atoms with E-state index in [4.69, 9.17) is 19.2 Å². The van der Waals surface area contributed by atoms with E-state index in [2.05, 4.69) is 48.3 Å². The molecule has 0 aliphatic carbocycles. The van der Waals surface area contributed by atoms with Gasteiger partial charge < -0.3 is 29.3 Å². The van der Waals surface area contributed by atoms with E-state index in [0.717, 1.165) is 76.1 Å². The molecule has 2 heterocycles. The number of hydrogen-bond donors (Lipinski definition) is 1. The number of likely N-dealkylation sites (tertiary alicyclic amines) is 1. The lowest BCUT2D eigenvalue weighted by Gasteiger charge is -2.42. The molecule has 7 nitrogen and oxygen atoms in total. The smallest absolute Gasteiger partial charge is 0.194 e. The van der Waals surface area contributed by atoms with Crippen LogP contribution in [-0.2, 0) is 4.74 Å². The maximum atomic E-state index is 5.61. The van der Waals surface area contributed by atoms with Gasteiger partial charge in [-0.3, -0.25) is 4.99 Å². The molecule has 0 amide bonds. The molecule has 2 saturated heterocycles. The Morgan fingerprint density at radius 2 is 1.87 bits per heavy atom. The van der Waals surface area contributed by atoms with Crippen molar-refractivity contribution in [1.82, 2.24) is 15.1 Å². The van der Waals surface area contributed by atoms with Gasteiger partial charge in [0.15, 0.2) is 5.96 Å². The zero-order valence-electron chi connectivity index (χ0n) is 19.2. The van der Waals surface area contributed by atoms with Gasteiger partial charge in [-0.25, -0.2) is 0 Å². The first-order valence-electron chi connectivity index (χ1n) is 11.0. The van der Waals surface area contributed by atoms with Crippen LogP contribution in [0.15, 0.2) is 23.2 Å². The summed E-state index contributed by atoms with van der Waals surface area (Å²) in [6.45, 7) is 7.35. The highest BCUT2D eigenvalue weighted by molar-refractivity contribution is 5.80. The van der Waals surface area contributed by atoms with E-state index in [1.807, 2.05) is 6.07 Å². The third-order valence-corrected chi connectivity index (χ3v) is 6.56. The van der Waals surface area contributed by atoms with Crippen LogP contribution < -0.4 is 14.8 Å². The minimum absolute atomic E-state index is 0.0816. The van der Waals surface area contributed by atoms with Gasteiger partial charge in [-0.05, 0) is 58.0 Å². The van der Waals surface area contributed by atoms with Crippen molar-refractivity contribution in [3.05, 3.63) is 23.8 Å². The Kier molecular flexibility index (Phi) is 7.83. The van der Waals surface area contributed by atoms with Crippen molar-refractivity contribution in [2.75, 3.05) is 67.7 Å². The van der Waals surface area contributed by atoms with Crippen molar-refractivity contribution in [3.63, 3.8) is 0 Å². The first-order chi connectivity index (χ1) is 14.5. The van der Waals surface area contributed by atoms with E-state index in [0.29, 0.717) is 5.92 Å². The summed E-state index contributed by atoms with van der Waals surface area (Å²) < 4.78 is 16.5. The average molecular weight is 419 g/mol. The summed E-state index contributed by atoms with van der Waals surface area (Å²) in [5, 5.41) is 3.51. The van der Waals surface area contributed by atoms with Crippen LogP contribution in [0.2, 0.25) is 0 Å². The first kappa shape index (κ1) is 22.7. The van der Waals surface area contributed by atoms with Gasteiger partial charge in [0, 0.05) is 50.4 Å². The molecule has 0 bridgehead atoms. The Morgan fingerprint density at radius 1 is 1.20 bits per heavy atom. The predicted molar refractivity (Wildman–Crippen MR) is 121 cm³/mol. The Balaban J connectivity index is 1.74. The lowest BCUT2D eigenvalue weighted by atomic mass is 9.89. The van der Waals surface area contributed by atoms with Crippen molar-refractivity contribution in [2.24, 2.45) is 4.99 Å². The molecule has 0 spiro atoms. The van der Waals surface area contributed by atoms with E-state index in [1.165, 1.54) is 5.56 Å². The lowest BCUT2D eigenvalue weighted by molar-refractivity contribution is -0.00262. The second kappa shape index (κ2) is 10.4. The number of hydrogen-bond acceptors (Lipinski definition) is 5. The van der Waals surface area contributed by atoms with Crippen LogP contribution in [-0.4, -0.2) is 89.0 Å². The van der Waals surface area contributed by atoms with E-state index in [-0.39, 0.29) is 5.54 Å². The van der Waals surface area contributed by atoms with Gasteiger partial charge in [-0.15, -0.1) is 0 Å². The van der Waals surface area contributed by atoms with Gasteiger partial charge in [-0.1, -0.05) is 0 Å². The molecule has 0 saturated carbocycles. The molecule has 168 valence electrons. The van der Waals surface area contributed by atoms with E-state index >= 15 is 0 Å². The molecular formula is C23H38N4O3. The molecule has 2 aliphatic heterocycles. The van der Waals surface area contributed by atoms with Crippen molar-refractivity contribution in [2.45, 2.75) is 37.6 Å². The van der Waals surface area contributed by atoms with Crippen LogP contribution >= 0.6 is 0 Å². The van der Waals surface area contributed by atoms with E-state index in [1.54, 1.807) is 14.2 Å². The number of likely N-dealkylation sites (N-methyl/N-ethyl adjacent to an activating group) is 1. The van der Waals surface area contributed by atoms with Gasteiger partial charge >= 0.3 is 0 Å². The van der Waals surface area contributed by atoms with Crippen molar-refractivity contribution >= 4 is 5.96 Å². The highest BCUT2D eigenvalue weighted by Crippen LogP contribution is 2.33. The predicted octanol–water partition coefficient (Wildman–Crippen LogP) is 2.57. The van der Waals surface area contributed by atoms with E-state index in [9.17, 15) is 0 Å². The molecule has 30 heavy (non-hydrogen) atoms. The molecule has 1 aromatic rings. The summed E-state index contributed by atoms with van der Waals surface area (Å²) in [4.78, 5) is 9.82. The maximum absolute atomic E-state index is 5.61. The molecule has 7 heteroatoms. The summed E-state index contributed by atoms with van der Waals surface area (Å²) in [6, 6.07) is 6.18. The standard InChI is InChI=1S/C23H38N4O3/c1-6-24-22(25-17-23(26(2)3)8-11-30-12-9-23)27-10-7-18(16-27)19-13-20(28-4)15-21(14-19)29-5/h13-15,18H,6-12,16-17H2,1-5H3,(H,24,25). The molecule has 1 unspecified atom stereocenters. The van der Waals surface area contributed by atoms with Crippen molar-refractivity contribution in [1.29, 1.82) is 0 Å². The Labute approximate surface area is 181 Å². The molecular weight excluding hydrogens is 380 g/mol. The summed E-state index contributed by atoms with van der Waals surface area (Å²) in [7, 11) is 7.73. The summed E-state index contributed by atoms with van der Waals surface area (Å²) in [5.41, 5.74) is 1.34. The van der Waals surface area contributed by atoms with Crippen molar-refractivity contribution < 1.29 is 14.2 Å². The number of benzene rings is 1. The zero-order valence-corrected chi connectivity index (χ0v) is 19.2. The zero-order chi connectivity index (χ0) is 21.6. The van der Waals surface area contributed by atoms with Crippen LogP contribution in [0.1, 0.15) is 37.7 Å². The van der Waals surface area contributed by atoms with Crippen molar-refractivity contribution in [3.8, 4) is 11.5 Å². The van der Waals surface area contributed by atoms with Crippen LogP contribution in [0.5, 0.6) is 11.5 Å². The fourth-order valence-corrected chi connectivity index (χ4v) is 4.44. The molecule has 0 radical (unpaired) electrons. The summed E-state index contributed by atoms with van der Waals surface area (Å²) >= 11 is 0. The number of methoxy groups -OCH3 is 2. The fraction of sp³-hybridized carbons (Fsp3) is 0.696. The minimum atomic E-state index is 0.0816. The monoisotopic (exact) mass is 418 g/mol. The molecule has 1 atom stereocenters. The molecule has 1 aromatic carbocycles. The molecule has 3 rings (SSSR count). The van der Waals surface area contributed by atoms with Gasteiger partial charge in [-0.2, -0.15) is 0 Å². The fourth-order valence-electron chi connectivity index (χ4n) is 4.44. The maximum Gasteiger partial charge on any atom is 0.194 e. The van der Waals surface area contributed by atoms with Gasteiger partial charge in [0.1, 0.15) is 11.5 Å². The number of rotatable bonds is 7. The van der Waals surface area contributed by atoms with Crippen LogP contribution in [0.4, 0.5) is 0 Å². The van der Waals surface area contributed by atoms with Crippen LogP contribution in [0.3, 0.4) is 0 Å². The number of nitrogens with zero attached hydrogens (tertiary/aromatic N) is 3. The number of guanidine groups is 1. The first-order valence-corrected chi connectivity index (χ1v) is 11.0. The van der Waals surface area contributed by atoms with Crippen LogP contribution in [0, 0.1) is 0 Å². The lowest BCUT2D eigenvalue weighted by Crippen LogP contribution is -2.52. The SMILES string of the molecule is CCNC(=NCC1(N(C)C)CCOCC1)N1CCC(c2cc(OC)cc(OC)c2)C1. The minimum Gasteiger partial charge on any atom is -0.497 e.